The van der Waals surface area contributed by atoms with Crippen LogP contribution in [-0.2, 0) is 23.8 Å². The zero-order valence-electron chi connectivity index (χ0n) is 14.8. The molecule has 0 spiro atoms. The quantitative estimate of drug-likeness (QED) is 0.213. The van der Waals surface area contributed by atoms with Crippen molar-refractivity contribution in [3.63, 3.8) is 0 Å². The van der Waals surface area contributed by atoms with E-state index in [0.717, 1.165) is 24.5 Å². The van der Waals surface area contributed by atoms with Gasteiger partial charge in [-0.3, -0.25) is 9.59 Å². The molecule has 2 rings (SSSR count). The van der Waals surface area contributed by atoms with E-state index in [9.17, 15) is 9.59 Å². The number of epoxide rings is 1. The van der Waals surface area contributed by atoms with Gasteiger partial charge in [0.2, 0.25) is 0 Å². The molecule has 1 aliphatic heterocycles. The normalized spacial score (nSPS) is 24.0. The van der Waals surface area contributed by atoms with Crippen molar-refractivity contribution in [2.24, 2.45) is 5.92 Å². The summed E-state index contributed by atoms with van der Waals surface area (Å²) in [6.45, 7) is 0.625. The third kappa shape index (κ3) is 9.20. The minimum Gasteiger partial charge on any atom is -0.466 e. The molecule has 1 saturated heterocycles. The van der Waals surface area contributed by atoms with Gasteiger partial charge in [0.1, 0.15) is 0 Å². The summed E-state index contributed by atoms with van der Waals surface area (Å²) >= 11 is 5.97. The number of thiol groups is 1. The Morgan fingerprint density at radius 1 is 0.960 bits per heavy atom. The van der Waals surface area contributed by atoms with E-state index in [4.69, 9.17) is 14.2 Å². The lowest BCUT2D eigenvalue weighted by molar-refractivity contribution is -0.146. The summed E-state index contributed by atoms with van der Waals surface area (Å²) < 4.78 is 15.6. The van der Waals surface area contributed by atoms with E-state index >= 15 is 0 Å². The van der Waals surface area contributed by atoms with Gasteiger partial charge in [-0.2, -0.15) is 24.4 Å². The highest BCUT2D eigenvalue weighted by molar-refractivity contribution is 7.99. The van der Waals surface area contributed by atoms with Crippen LogP contribution in [0.3, 0.4) is 0 Å². The van der Waals surface area contributed by atoms with Gasteiger partial charge in [-0.05, 0) is 55.3 Å². The van der Waals surface area contributed by atoms with Gasteiger partial charge < -0.3 is 14.2 Å². The molecule has 2 unspecified atom stereocenters. The van der Waals surface area contributed by atoms with Gasteiger partial charge in [-0.15, -0.1) is 0 Å². The standard InChI is InChI=1S/C18H30O5S2/c19-17(4-1-9-24)21-7-3-8-22-18(20)5-2-10-25-11-6-14-12-15-16(13-14)23-15/h14-16,24H,1-13H2. The molecule has 2 atom stereocenters. The Hall–Kier alpha value is -0.400. The van der Waals surface area contributed by atoms with E-state index in [2.05, 4.69) is 12.6 Å². The Morgan fingerprint density at radius 2 is 1.60 bits per heavy atom. The van der Waals surface area contributed by atoms with Crippen molar-refractivity contribution >= 4 is 36.3 Å². The van der Waals surface area contributed by atoms with Crippen molar-refractivity contribution in [3.05, 3.63) is 0 Å². The molecular formula is C18H30O5S2. The predicted octanol–water partition coefficient (Wildman–Crippen LogP) is 3.25. The summed E-state index contributed by atoms with van der Waals surface area (Å²) in [4.78, 5) is 22.9. The highest BCUT2D eigenvalue weighted by Crippen LogP contribution is 2.43. The van der Waals surface area contributed by atoms with Crippen molar-refractivity contribution in [1.82, 2.24) is 0 Å². The molecule has 1 aliphatic carbocycles. The summed E-state index contributed by atoms with van der Waals surface area (Å²) in [6.07, 6.45) is 7.96. The second kappa shape index (κ2) is 12.1. The van der Waals surface area contributed by atoms with Gasteiger partial charge in [0.25, 0.3) is 0 Å². The van der Waals surface area contributed by atoms with Gasteiger partial charge in [-0.25, -0.2) is 0 Å². The fraction of sp³-hybridized carbons (Fsp3) is 0.889. The number of ether oxygens (including phenoxy) is 3. The molecule has 5 nitrogen and oxygen atoms in total. The number of fused-ring (bicyclic) bond motifs is 1. The Morgan fingerprint density at radius 3 is 2.24 bits per heavy atom. The summed E-state index contributed by atoms with van der Waals surface area (Å²) in [5.74, 6) is 3.36. The lowest BCUT2D eigenvalue weighted by atomic mass is 10.1. The maximum atomic E-state index is 11.6. The molecule has 0 aromatic rings. The number of thioether (sulfide) groups is 1. The molecular weight excluding hydrogens is 360 g/mol. The molecule has 1 heterocycles. The zero-order valence-corrected chi connectivity index (χ0v) is 16.5. The van der Waals surface area contributed by atoms with Crippen LogP contribution in [0.1, 0.15) is 51.4 Å². The van der Waals surface area contributed by atoms with E-state index in [1.165, 1.54) is 25.0 Å². The van der Waals surface area contributed by atoms with Crippen LogP contribution in [0.25, 0.3) is 0 Å². The van der Waals surface area contributed by atoms with Crippen LogP contribution in [0.15, 0.2) is 0 Å². The first kappa shape index (κ1) is 20.9. The molecule has 0 amide bonds. The number of rotatable bonds is 14. The molecule has 0 aromatic heterocycles. The van der Waals surface area contributed by atoms with Crippen LogP contribution in [0.2, 0.25) is 0 Å². The van der Waals surface area contributed by atoms with Crippen molar-refractivity contribution in [1.29, 1.82) is 0 Å². The Balaban J connectivity index is 1.31. The molecule has 2 aliphatic rings. The van der Waals surface area contributed by atoms with Crippen molar-refractivity contribution in [2.75, 3.05) is 30.5 Å². The first-order valence-electron chi connectivity index (χ1n) is 9.34. The van der Waals surface area contributed by atoms with Crippen LogP contribution in [0.4, 0.5) is 0 Å². The van der Waals surface area contributed by atoms with E-state index in [1.807, 2.05) is 11.8 Å². The lowest BCUT2D eigenvalue weighted by Crippen LogP contribution is -2.11. The van der Waals surface area contributed by atoms with Gasteiger partial charge >= 0.3 is 11.9 Å². The molecule has 2 fully saturated rings. The molecule has 0 aromatic carbocycles. The molecule has 0 bridgehead atoms. The molecule has 7 heteroatoms. The average Bonchev–Trinajstić information content (AvgIpc) is 3.21. The molecule has 25 heavy (non-hydrogen) atoms. The topological polar surface area (TPSA) is 65.1 Å². The Bertz CT molecular complexity index is 408. The number of carbonyl (C=O) groups is 2. The first-order valence-corrected chi connectivity index (χ1v) is 11.1. The maximum Gasteiger partial charge on any atom is 0.305 e. The minimum absolute atomic E-state index is 0.157. The Labute approximate surface area is 160 Å². The number of carbonyl (C=O) groups excluding carboxylic acids is 2. The summed E-state index contributed by atoms with van der Waals surface area (Å²) in [7, 11) is 0. The SMILES string of the molecule is O=C(CCCS)OCCCOC(=O)CCCSCCC1CC2OC2C1. The summed E-state index contributed by atoms with van der Waals surface area (Å²) in [5, 5.41) is 0. The van der Waals surface area contributed by atoms with Gasteiger partial charge in [-0.1, -0.05) is 0 Å². The molecule has 144 valence electrons. The van der Waals surface area contributed by atoms with E-state index in [1.54, 1.807) is 0 Å². The van der Waals surface area contributed by atoms with Gasteiger partial charge in [0, 0.05) is 19.3 Å². The molecule has 1 saturated carbocycles. The van der Waals surface area contributed by atoms with E-state index in [0.29, 0.717) is 50.4 Å². The largest absolute Gasteiger partial charge is 0.466 e. The second-order valence-corrected chi connectivity index (χ2v) is 8.35. The lowest BCUT2D eigenvalue weighted by Gasteiger charge is -2.10. The summed E-state index contributed by atoms with van der Waals surface area (Å²) in [6, 6.07) is 0. The van der Waals surface area contributed by atoms with Gasteiger partial charge in [0.05, 0.1) is 25.4 Å². The van der Waals surface area contributed by atoms with E-state index in [-0.39, 0.29) is 11.9 Å². The zero-order chi connectivity index (χ0) is 17.9. The monoisotopic (exact) mass is 390 g/mol. The first-order chi connectivity index (χ1) is 12.2. The highest BCUT2D eigenvalue weighted by Gasteiger charge is 2.47. The molecule has 0 N–H and O–H groups in total. The van der Waals surface area contributed by atoms with Crippen molar-refractivity contribution in [2.45, 2.75) is 63.6 Å². The van der Waals surface area contributed by atoms with E-state index < -0.39 is 0 Å². The fourth-order valence-corrected chi connectivity index (χ4v) is 4.26. The van der Waals surface area contributed by atoms with Crippen LogP contribution in [0.5, 0.6) is 0 Å². The predicted molar refractivity (Wildman–Crippen MR) is 102 cm³/mol. The summed E-state index contributed by atoms with van der Waals surface area (Å²) in [5.41, 5.74) is 0. The smallest absolute Gasteiger partial charge is 0.305 e. The van der Waals surface area contributed by atoms with Crippen LogP contribution < -0.4 is 0 Å². The second-order valence-electron chi connectivity index (χ2n) is 6.68. The third-order valence-electron chi connectivity index (χ3n) is 4.51. The third-order valence-corrected chi connectivity index (χ3v) is 5.93. The van der Waals surface area contributed by atoms with Crippen molar-refractivity contribution < 1.29 is 23.8 Å². The minimum atomic E-state index is -0.209. The maximum absolute atomic E-state index is 11.6. The fourth-order valence-electron chi connectivity index (χ4n) is 3.05. The number of esters is 2. The van der Waals surface area contributed by atoms with Crippen LogP contribution in [-0.4, -0.2) is 54.6 Å². The Kier molecular flexibility index (Phi) is 10.1. The van der Waals surface area contributed by atoms with Gasteiger partial charge in [0.15, 0.2) is 0 Å². The average molecular weight is 391 g/mol. The molecule has 0 radical (unpaired) electrons. The highest BCUT2D eigenvalue weighted by atomic mass is 32.2. The number of hydrogen-bond donors (Lipinski definition) is 1. The van der Waals surface area contributed by atoms with Crippen LogP contribution in [0, 0.1) is 5.92 Å². The number of hydrogen-bond acceptors (Lipinski definition) is 7. The van der Waals surface area contributed by atoms with Crippen LogP contribution >= 0.6 is 24.4 Å². The van der Waals surface area contributed by atoms with Crippen molar-refractivity contribution in [3.8, 4) is 0 Å².